The second kappa shape index (κ2) is 6.83. The summed E-state index contributed by atoms with van der Waals surface area (Å²) in [5.74, 6) is 0.871. The summed E-state index contributed by atoms with van der Waals surface area (Å²) in [5.41, 5.74) is 3.92. The third-order valence-corrected chi connectivity index (χ3v) is 4.28. The van der Waals surface area contributed by atoms with Crippen molar-refractivity contribution in [3.63, 3.8) is 0 Å². The van der Waals surface area contributed by atoms with E-state index < -0.39 is 0 Å². The van der Waals surface area contributed by atoms with Gasteiger partial charge in [0.2, 0.25) is 0 Å². The lowest BCUT2D eigenvalue weighted by Crippen LogP contribution is -2.15. The van der Waals surface area contributed by atoms with Crippen LogP contribution in [0.25, 0.3) is 0 Å². The minimum atomic E-state index is 0.871. The zero-order valence-electron chi connectivity index (χ0n) is 12.7. The van der Waals surface area contributed by atoms with Gasteiger partial charge in [0.05, 0.1) is 0 Å². The van der Waals surface area contributed by atoms with Gasteiger partial charge in [0.15, 0.2) is 0 Å². The van der Waals surface area contributed by atoms with E-state index in [0.29, 0.717) is 0 Å². The van der Waals surface area contributed by atoms with Crippen LogP contribution in [0.5, 0.6) is 0 Å². The third kappa shape index (κ3) is 4.15. The zero-order chi connectivity index (χ0) is 13.7. The van der Waals surface area contributed by atoms with Gasteiger partial charge >= 0.3 is 0 Å². The van der Waals surface area contributed by atoms with Crippen molar-refractivity contribution < 1.29 is 0 Å². The van der Waals surface area contributed by atoms with Crippen LogP contribution >= 0.6 is 0 Å². The van der Waals surface area contributed by atoms with Crippen molar-refractivity contribution >= 4 is 11.4 Å². The minimum Gasteiger partial charge on any atom is -0.385 e. The lowest BCUT2D eigenvalue weighted by molar-refractivity contribution is 0.483. The molecule has 2 nitrogen and oxygen atoms in total. The molecule has 0 bridgehead atoms. The average molecular weight is 260 g/mol. The van der Waals surface area contributed by atoms with Gasteiger partial charge in [-0.1, -0.05) is 25.7 Å². The van der Waals surface area contributed by atoms with Gasteiger partial charge in [-0.3, -0.25) is 0 Å². The summed E-state index contributed by atoms with van der Waals surface area (Å²) in [6, 6.07) is 6.68. The highest BCUT2D eigenvalue weighted by atomic mass is 15.1. The fourth-order valence-electron chi connectivity index (χ4n) is 2.95. The topological polar surface area (TPSA) is 15.3 Å². The molecular formula is C17H28N2. The van der Waals surface area contributed by atoms with E-state index in [9.17, 15) is 0 Å². The molecule has 1 saturated carbocycles. The number of hydrogen-bond donors (Lipinski definition) is 1. The van der Waals surface area contributed by atoms with E-state index in [0.717, 1.165) is 12.5 Å². The van der Waals surface area contributed by atoms with Crippen molar-refractivity contribution in [2.45, 2.75) is 45.4 Å². The molecule has 0 amide bonds. The van der Waals surface area contributed by atoms with Crippen LogP contribution in [0.2, 0.25) is 0 Å². The summed E-state index contributed by atoms with van der Waals surface area (Å²) >= 11 is 0. The van der Waals surface area contributed by atoms with Crippen LogP contribution < -0.4 is 10.2 Å². The van der Waals surface area contributed by atoms with E-state index in [1.54, 1.807) is 0 Å². The highest BCUT2D eigenvalue weighted by molar-refractivity contribution is 5.59. The maximum absolute atomic E-state index is 3.66. The van der Waals surface area contributed by atoms with Gasteiger partial charge in [0.25, 0.3) is 0 Å². The monoisotopic (exact) mass is 260 g/mol. The number of aryl methyl sites for hydroxylation is 1. The quantitative estimate of drug-likeness (QED) is 0.805. The molecule has 0 saturated heterocycles. The molecule has 0 radical (unpaired) electrons. The maximum Gasteiger partial charge on any atom is 0.0371 e. The highest BCUT2D eigenvalue weighted by Gasteiger charge is 2.12. The van der Waals surface area contributed by atoms with Crippen LogP contribution in [0.1, 0.15) is 44.1 Å². The fourth-order valence-corrected chi connectivity index (χ4v) is 2.95. The molecule has 0 unspecified atom stereocenters. The molecule has 0 spiro atoms. The normalized spacial score (nSPS) is 17.0. The maximum atomic E-state index is 3.66. The molecule has 0 aromatic heterocycles. The molecule has 1 aromatic rings. The first-order valence-corrected chi connectivity index (χ1v) is 7.68. The van der Waals surface area contributed by atoms with E-state index in [1.807, 2.05) is 0 Å². The highest BCUT2D eigenvalue weighted by Crippen LogP contribution is 2.25. The van der Waals surface area contributed by atoms with Gasteiger partial charge in [-0.25, -0.2) is 0 Å². The lowest BCUT2D eigenvalue weighted by Gasteiger charge is -2.19. The standard InChI is InChI=1S/C17H28N2/c1-14-12-16(19(2)3)10-11-17(14)18-13-15-8-6-4-5-7-9-15/h10-12,15,18H,4-9,13H2,1-3H3. The van der Waals surface area contributed by atoms with Crippen molar-refractivity contribution in [3.8, 4) is 0 Å². The predicted octanol–water partition coefficient (Wildman–Crippen LogP) is 4.44. The van der Waals surface area contributed by atoms with Gasteiger partial charge in [-0.2, -0.15) is 0 Å². The van der Waals surface area contributed by atoms with Gasteiger partial charge in [0.1, 0.15) is 0 Å². The molecule has 19 heavy (non-hydrogen) atoms. The Balaban J connectivity index is 1.91. The molecule has 1 aliphatic carbocycles. The van der Waals surface area contributed by atoms with Crippen molar-refractivity contribution in [3.05, 3.63) is 23.8 Å². The van der Waals surface area contributed by atoms with Crippen LogP contribution in [-0.4, -0.2) is 20.6 Å². The largest absolute Gasteiger partial charge is 0.385 e. The van der Waals surface area contributed by atoms with E-state index in [2.05, 4.69) is 49.4 Å². The van der Waals surface area contributed by atoms with Crippen LogP contribution in [0.3, 0.4) is 0 Å². The Kier molecular flexibility index (Phi) is 5.12. The summed E-state index contributed by atoms with van der Waals surface area (Å²) < 4.78 is 0. The molecule has 0 aliphatic heterocycles. The number of benzene rings is 1. The molecule has 106 valence electrons. The SMILES string of the molecule is Cc1cc(N(C)C)ccc1NCC1CCCCCC1. The van der Waals surface area contributed by atoms with Gasteiger partial charge in [-0.15, -0.1) is 0 Å². The Morgan fingerprint density at radius 2 is 1.79 bits per heavy atom. The Hall–Kier alpha value is -1.18. The summed E-state index contributed by atoms with van der Waals surface area (Å²) in [7, 11) is 4.18. The van der Waals surface area contributed by atoms with E-state index in [4.69, 9.17) is 0 Å². The molecule has 2 heteroatoms. The first kappa shape index (κ1) is 14.2. The van der Waals surface area contributed by atoms with Crippen molar-refractivity contribution in [1.29, 1.82) is 0 Å². The molecule has 1 N–H and O–H groups in total. The molecular weight excluding hydrogens is 232 g/mol. The molecule has 0 atom stereocenters. The van der Waals surface area contributed by atoms with Gasteiger partial charge in [0, 0.05) is 32.0 Å². The van der Waals surface area contributed by atoms with Crippen LogP contribution in [0.15, 0.2) is 18.2 Å². The Bertz CT molecular complexity index is 390. The van der Waals surface area contributed by atoms with Crippen LogP contribution in [-0.2, 0) is 0 Å². The fraction of sp³-hybridized carbons (Fsp3) is 0.647. The average Bonchev–Trinajstić information content (AvgIpc) is 2.65. The predicted molar refractivity (Wildman–Crippen MR) is 85.2 cm³/mol. The van der Waals surface area contributed by atoms with Crippen molar-refractivity contribution in [1.82, 2.24) is 0 Å². The Morgan fingerprint density at radius 3 is 2.37 bits per heavy atom. The summed E-state index contributed by atoms with van der Waals surface area (Å²) in [6.07, 6.45) is 8.53. The number of rotatable bonds is 4. The van der Waals surface area contributed by atoms with Crippen molar-refractivity contribution in [2.24, 2.45) is 5.92 Å². The molecule has 1 aromatic carbocycles. The molecule has 1 fully saturated rings. The van der Waals surface area contributed by atoms with Crippen molar-refractivity contribution in [2.75, 3.05) is 30.9 Å². The van der Waals surface area contributed by atoms with E-state index in [1.165, 1.54) is 55.5 Å². The smallest absolute Gasteiger partial charge is 0.0371 e. The van der Waals surface area contributed by atoms with Gasteiger partial charge in [-0.05, 0) is 49.4 Å². The summed E-state index contributed by atoms with van der Waals surface area (Å²) in [6.45, 7) is 3.34. The van der Waals surface area contributed by atoms with Crippen LogP contribution in [0.4, 0.5) is 11.4 Å². The first-order chi connectivity index (χ1) is 9.16. The minimum absolute atomic E-state index is 0.871. The number of hydrogen-bond acceptors (Lipinski definition) is 2. The Morgan fingerprint density at radius 1 is 1.11 bits per heavy atom. The number of nitrogens with one attached hydrogen (secondary N) is 1. The van der Waals surface area contributed by atoms with Crippen LogP contribution in [0, 0.1) is 12.8 Å². The molecule has 0 heterocycles. The number of nitrogens with zero attached hydrogens (tertiary/aromatic N) is 1. The number of anilines is 2. The van der Waals surface area contributed by atoms with Gasteiger partial charge < -0.3 is 10.2 Å². The zero-order valence-corrected chi connectivity index (χ0v) is 12.7. The molecule has 1 aliphatic rings. The summed E-state index contributed by atoms with van der Waals surface area (Å²) in [5, 5.41) is 3.66. The second-order valence-corrected chi connectivity index (χ2v) is 6.13. The molecule has 2 rings (SSSR count). The Labute approximate surface area is 118 Å². The second-order valence-electron chi connectivity index (χ2n) is 6.13. The third-order valence-electron chi connectivity index (χ3n) is 4.28. The first-order valence-electron chi connectivity index (χ1n) is 7.68. The van der Waals surface area contributed by atoms with E-state index >= 15 is 0 Å². The lowest BCUT2D eigenvalue weighted by atomic mass is 10.00. The summed E-state index contributed by atoms with van der Waals surface area (Å²) in [4.78, 5) is 2.15. The van der Waals surface area contributed by atoms with E-state index in [-0.39, 0.29) is 0 Å².